The molecule has 0 aliphatic heterocycles. The predicted molar refractivity (Wildman–Crippen MR) is 95.4 cm³/mol. The molecule has 0 fully saturated rings. The number of benzene rings is 2. The highest BCUT2D eigenvalue weighted by Crippen LogP contribution is 2.28. The lowest BCUT2D eigenvalue weighted by Gasteiger charge is -2.19. The predicted octanol–water partition coefficient (Wildman–Crippen LogP) is 4.57. The van der Waals surface area contributed by atoms with Gasteiger partial charge >= 0.3 is 0 Å². The van der Waals surface area contributed by atoms with Crippen molar-refractivity contribution in [3.63, 3.8) is 0 Å². The lowest BCUT2D eigenvalue weighted by molar-refractivity contribution is 0.406. The van der Waals surface area contributed by atoms with Crippen molar-refractivity contribution in [3.05, 3.63) is 61.6 Å². The first-order valence-electron chi connectivity index (χ1n) is 6.39. The standard InChI is InChI=1S/C16H17BrINO/c1-19-15(11-4-3-5-14(18)9-11)10-12-8-13(17)6-7-16(12)20-2/h3-9,15,19H,10H2,1-2H3. The summed E-state index contributed by atoms with van der Waals surface area (Å²) in [7, 11) is 3.71. The Bertz CT molecular complexity index is 588. The number of methoxy groups -OCH3 is 1. The Balaban J connectivity index is 2.28. The number of halogens is 2. The van der Waals surface area contributed by atoms with Crippen LogP contribution in [0, 0.1) is 3.57 Å². The summed E-state index contributed by atoms with van der Waals surface area (Å²) in [5, 5.41) is 3.39. The average molecular weight is 446 g/mol. The first-order chi connectivity index (χ1) is 9.63. The Kier molecular flexibility index (Phi) is 5.86. The van der Waals surface area contributed by atoms with Gasteiger partial charge in [-0.15, -0.1) is 0 Å². The largest absolute Gasteiger partial charge is 0.496 e. The number of nitrogens with one attached hydrogen (secondary N) is 1. The van der Waals surface area contributed by atoms with Crippen LogP contribution in [0.3, 0.4) is 0 Å². The highest BCUT2D eigenvalue weighted by molar-refractivity contribution is 14.1. The molecule has 2 rings (SSSR count). The Labute approximate surface area is 142 Å². The maximum absolute atomic E-state index is 5.46. The summed E-state index contributed by atoms with van der Waals surface area (Å²) in [5.41, 5.74) is 2.49. The first-order valence-corrected chi connectivity index (χ1v) is 8.26. The number of ether oxygens (including phenoxy) is 1. The van der Waals surface area contributed by atoms with Crippen LogP contribution in [0.5, 0.6) is 5.75 Å². The van der Waals surface area contributed by atoms with Crippen LogP contribution < -0.4 is 10.1 Å². The minimum absolute atomic E-state index is 0.271. The quantitative estimate of drug-likeness (QED) is 0.681. The van der Waals surface area contributed by atoms with Crippen molar-refractivity contribution in [3.8, 4) is 5.75 Å². The van der Waals surface area contributed by atoms with Crippen molar-refractivity contribution in [2.75, 3.05) is 14.2 Å². The summed E-state index contributed by atoms with van der Waals surface area (Å²) in [6.45, 7) is 0. The summed E-state index contributed by atoms with van der Waals surface area (Å²) in [6.07, 6.45) is 0.888. The van der Waals surface area contributed by atoms with E-state index in [1.165, 1.54) is 14.7 Å². The summed E-state index contributed by atoms with van der Waals surface area (Å²) >= 11 is 5.87. The van der Waals surface area contributed by atoms with Crippen LogP contribution in [0.2, 0.25) is 0 Å². The van der Waals surface area contributed by atoms with E-state index >= 15 is 0 Å². The first kappa shape index (κ1) is 15.8. The number of hydrogen-bond acceptors (Lipinski definition) is 2. The van der Waals surface area contributed by atoms with Crippen molar-refractivity contribution in [2.24, 2.45) is 0 Å². The molecular weight excluding hydrogens is 429 g/mol. The van der Waals surface area contributed by atoms with Gasteiger partial charge in [0.15, 0.2) is 0 Å². The van der Waals surface area contributed by atoms with Crippen molar-refractivity contribution < 1.29 is 4.74 Å². The van der Waals surface area contributed by atoms with Gasteiger partial charge in [0.1, 0.15) is 5.75 Å². The summed E-state index contributed by atoms with van der Waals surface area (Å²) in [6, 6.07) is 15.0. The van der Waals surface area contributed by atoms with Crippen LogP contribution in [0.4, 0.5) is 0 Å². The van der Waals surface area contributed by atoms with Crippen LogP contribution >= 0.6 is 38.5 Å². The second kappa shape index (κ2) is 7.43. The molecule has 0 spiro atoms. The second-order valence-electron chi connectivity index (χ2n) is 4.56. The molecule has 0 aliphatic carbocycles. The van der Waals surface area contributed by atoms with Crippen LogP contribution in [-0.2, 0) is 6.42 Å². The molecule has 106 valence electrons. The topological polar surface area (TPSA) is 21.3 Å². The lowest BCUT2D eigenvalue weighted by atomic mass is 9.98. The SMILES string of the molecule is CNC(Cc1cc(Br)ccc1OC)c1cccc(I)c1. The van der Waals surface area contributed by atoms with E-state index in [2.05, 4.69) is 74.2 Å². The molecule has 2 aromatic carbocycles. The van der Waals surface area contributed by atoms with Gasteiger partial charge in [-0.25, -0.2) is 0 Å². The molecule has 2 nitrogen and oxygen atoms in total. The Morgan fingerprint density at radius 3 is 2.70 bits per heavy atom. The van der Waals surface area contributed by atoms with Gasteiger partial charge in [-0.3, -0.25) is 0 Å². The molecule has 1 atom stereocenters. The van der Waals surface area contributed by atoms with Crippen LogP contribution in [0.1, 0.15) is 17.2 Å². The van der Waals surface area contributed by atoms with Crippen molar-refractivity contribution in [1.82, 2.24) is 5.32 Å². The molecule has 0 radical (unpaired) electrons. The maximum atomic E-state index is 5.46. The Morgan fingerprint density at radius 1 is 1.25 bits per heavy atom. The molecule has 0 saturated carbocycles. The normalized spacial score (nSPS) is 12.2. The average Bonchev–Trinajstić information content (AvgIpc) is 2.45. The van der Waals surface area contributed by atoms with E-state index < -0.39 is 0 Å². The van der Waals surface area contributed by atoms with Gasteiger partial charge in [0.25, 0.3) is 0 Å². The van der Waals surface area contributed by atoms with E-state index in [9.17, 15) is 0 Å². The van der Waals surface area contributed by atoms with Crippen molar-refractivity contribution in [2.45, 2.75) is 12.5 Å². The third-order valence-electron chi connectivity index (χ3n) is 3.27. The minimum atomic E-state index is 0.271. The van der Waals surface area contributed by atoms with Crippen LogP contribution in [0.25, 0.3) is 0 Å². The fourth-order valence-corrected chi connectivity index (χ4v) is 3.21. The van der Waals surface area contributed by atoms with Gasteiger partial charge in [0.05, 0.1) is 7.11 Å². The van der Waals surface area contributed by atoms with E-state index in [1.807, 2.05) is 19.2 Å². The fraction of sp³-hybridized carbons (Fsp3) is 0.250. The van der Waals surface area contributed by atoms with E-state index in [4.69, 9.17) is 4.74 Å². The zero-order valence-corrected chi connectivity index (χ0v) is 15.2. The number of likely N-dealkylation sites (N-methyl/N-ethyl adjacent to an activating group) is 1. The van der Waals surface area contributed by atoms with Gasteiger partial charge in [-0.05, 0) is 77.5 Å². The van der Waals surface area contributed by atoms with Gasteiger partial charge in [0, 0.05) is 14.1 Å². The highest BCUT2D eigenvalue weighted by Gasteiger charge is 2.13. The molecule has 0 amide bonds. The van der Waals surface area contributed by atoms with Crippen LogP contribution in [0.15, 0.2) is 46.9 Å². The molecule has 1 unspecified atom stereocenters. The molecule has 2 aromatic rings. The van der Waals surface area contributed by atoms with Gasteiger partial charge in [0.2, 0.25) is 0 Å². The molecule has 4 heteroatoms. The maximum Gasteiger partial charge on any atom is 0.122 e. The smallest absolute Gasteiger partial charge is 0.122 e. The molecule has 1 N–H and O–H groups in total. The van der Waals surface area contributed by atoms with E-state index in [1.54, 1.807) is 7.11 Å². The van der Waals surface area contributed by atoms with Crippen molar-refractivity contribution in [1.29, 1.82) is 0 Å². The highest BCUT2D eigenvalue weighted by atomic mass is 127. The third kappa shape index (κ3) is 3.96. The molecule has 0 bridgehead atoms. The Hall–Kier alpha value is -0.590. The zero-order valence-electron chi connectivity index (χ0n) is 11.5. The molecule has 20 heavy (non-hydrogen) atoms. The van der Waals surface area contributed by atoms with Crippen LogP contribution in [-0.4, -0.2) is 14.2 Å². The summed E-state index contributed by atoms with van der Waals surface area (Å²) < 4.78 is 7.78. The number of rotatable bonds is 5. The molecule has 0 aromatic heterocycles. The minimum Gasteiger partial charge on any atom is -0.496 e. The monoisotopic (exact) mass is 445 g/mol. The Morgan fingerprint density at radius 2 is 2.05 bits per heavy atom. The zero-order chi connectivity index (χ0) is 14.5. The molecule has 0 aliphatic rings. The number of hydrogen-bond donors (Lipinski definition) is 1. The molecule has 0 heterocycles. The lowest BCUT2D eigenvalue weighted by Crippen LogP contribution is -2.19. The van der Waals surface area contributed by atoms with E-state index in [-0.39, 0.29) is 6.04 Å². The summed E-state index contributed by atoms with van der Waals surface area (Å²) in [4.78, 5) is 0. The van der Waals surface area contributed by atoms with E-state index in [0.717, 1.165) is 16.6 Å². The van der Waals surface area contributed by atoms with Gasteiger partial charge in [-0.1, -0.05) is 28.1 Å². The fourth-order valence-electron chi connectivity index (χ4n) is 2.24. The molecular formula is C16H17BrINO. The summed E-state index contributed by atoms with van der Waals surface area (Å²) in [5.74, 6) is 0.930. The third-order valence-corrected chi connectivity index (χ3v) is 4.43. The van der Waals surface area contributed by atoms with Gasteiger partial charge < -0.3 is 10.1 Å². The van der Waals surface area contributed by atoms with Gasteiger partial charge in [-0.2, -0.15) is 0 Å². The van der Waals surface area contributed by atoms with E-state index in [0.29, 0.717) is 0 Å². The van der Waals surface area contributed by atoms with Crippen molar-refractivity contribution >= 4 is 38.5 Å². The second-order valence-corrected chi connectivity index (χ2v) is 6.72. The molecule has 0 saturated heterocycles.